The summed E-state index contributed by atoms with van der Waals surface area (Å²) in [4.78, 5) is 0. The lowest BCUT2D eigenvalue weighted by Gasteiger charge is -2.16. The number of halogens is 3. The third kappa shape index (κ3) is 2.61. The zero-order chi connectivity index (χ0) is 15.8. The molecule has 5 nitrogen and oxygen atoms in total. The Bertz CT molecular complexity index is 665. The molecule has 1 heterocycles. The SMILES string of the molecule is COc1cc(-c2cnn(C)c2N)cc(C(F)(F)F)c1OC. The van der Waals surface area contributed by atoms with Crippen molar-refractivity contribution in [3.05, 3.63) is 23.9 Å². The Morgan fingerprint density at radius 2 is 1.86 bits per heavy atom. The van der Waals surface area contributed by atoms with Gasteiger partial charge in [-0.3, -0.25) is 4.68 Å². The number of aromatic nitrogens is 2. The summed E-state index contributed by atoms with van der Waals surface area (Å²) in [6.45, 7) is 0. The second-order valence-corrected chi connectivity index (χ2v) is 4.32. The summed E-state index contributed by atoms with van der Waals surface area (Å²) in [5, 5.41) is 3.92. The van der Waals surface area contributed by atoms with E-state index in [1.807, 2.05) is 0 Å². The lowest BCUT2D eigenvalue weighted by atomic mass is 10.0. The first-order valence-electron chi connectivity index (χ1n) is 5.90. The minimum atomic E-state index is -4.58. The number of ether oxygens (including phenoxy) is 2. The second kappa shape index (κ2) is 5.19. The molecule has 0 radical (unpaired) electrons. The highest BCUT2D eigenvalue weighted by atomic mass is 19.4. The normalized spacial score (nSPS) is 11.5. The van der Waals surface area contributed by atoms with Gasteiger partial charge in [0.05, 0.1) is 20.4 Å². The number of aryl methyl sites for hydroxylation is 1. The van der Waals surface area contributed by atoms with Gasteiger partial charge in [-0.15, -0.1) is 0 Å². The van der Waals surface area contributed by atoms with Crippen molar-refractivity contribution in [3.8, 4) is 22.6 Å². The van der Waals surface area contributed by atoms with Crippen LogP contribution in [0.2, 0.25) is 0 Å². The molecule has 8 heteroatoms. The summed E-state index contributed by atoms with van der Waals surface area (Å²) in [6, 6.07) is 2.40. The Morgan fingerprint density at radius 1 is 1.19 bits per heavy atom. The first kappa shape index (κ1) is 15.0. The van der Waals surface area contributed by atoms with Gasteiger partial charge in [0, 0.05) is 12.6 Å². The number of hydrogen-bond acceptors (Lipinski definition) is 4. The zero-order valence-corrected chi connectivity index (χ0v) is 11.7. The molecule has 0 spiro atoms. The third-order valence-corrected chi connectivity index (χ3v) is 3.08. The molecule has 0 aliphatic rings. The van der Waals surface area contributed by atoms with Crippen LogP contribution in [0.3, 0.4) is 0 Å². The molecule has 0 saturated carbocycles. The Balaban J connectivity index is 2.72. The van der Waals surface area contributed by atoms with Crippen LogP contribution in [0.4, 0.5) is 19.0 Å². The Hall–Kier alpha value is -2.38. The molecule has 2 rings (SSSR count). The van der Waals surface area contributed by atoms with Crippen molar-refractivity contribution < 1.29 is 22.6 Å². The third-order valence-electron chi connectivity index (χ3n) is 3.08. The highest BCUT2D eigenvalue weighted by Gasteiger charge is 2.36. The molecule has 21 heavy (non-hydrogen) atoms. The summed E-state index contributed by atoms with van der Waals surface area (Å²) >= 11 is 0. The maximum absolute atomic E-state index is 13.2. The van der Waals surface area contributed by atoms with Crippen molar-refractivity contribution in [2.75, 3.05) is 20.0 Å². The maximum Gasteiger partial charge on any atom is 0.420 e. The molecule has 2 aromatic rings. The number of nitrogens with zero attached hydrogens (tertiary/aromatic N) is 2. The molecule has 1 aromatic heterocycles. The van der Waals surface area contributed by atoms with E-state index in [0.717, 1.165) is 13.2 Å². The van der Waals surface area contributed by atoms with Gasteiger partial charge in [0.1, 0.15) is 11.4 Å². The number of nitrogen functional groups attached to an aromatic ring is 1. The lowest BCUT2D eigenvalue weighted by Crippen LogP contribution is -2.09. The van der Waals surface area contributed by atoms with Crippen molar-refractivity contribution in [1.29, 1.82) is 0 Å². The van der Waals surface area contributed by atoms with Gasteiger partial charge in [0.25, 0.3) is 0 Å². The quantitative estimate of drug-likeness (QED) is 0.947. The average Bonchev–Trinajstić information content (AvgIpc) is 2.76. The average molecular weight is 301 g/mol. The van der Waals surface area contributed by atoms with E-state index in [0.29, 0.717) is 5.56 Å². The number of benzene rings is 1. The van der Waals surface area contributed by atoms with Crippen LogP contribution < -0.4 is 15.2 Å². The Morgan fingerprint density at radius 3 is 2.29 bits per heavy atom. The number of nitrogens with two attached hydrogens (primary N) is 1. The summed E-state index contributed by atoms with van der Waals surface area (Å²) in [5.74, 6) is -0.128. The number of methoxy groups -OCH3 is 2. The number of anilines is 1. The topological polar surface area (TPSA) is 62.3 Å². The van der Waals surface area contributed by atoms with Crippen LogP contribution in [0.25, 0.3) is 11.1 Å². The number of alkyl halides is 3. The minimum Gasteiger partial charge on any atom is -0.493 e. The highest BCUT2D eigenvalue weighted by Crippen LogP contribution is 2.44. The van der Waals surface area contributed by atoms with Gasteiger partial charge < -0.3 is 15.2 Å². The molecule has 0 fully saturated rings. The molecule has 2 N–H and O–H groups in total. The molecule has 0 amide bonds. The van der Waals surface area contributed by atoms with Crippen LogP contribution in [-0.4, -0.2) is 24.0 Å². The van der Waals surface area contributed by atoms with Crippen LogP contribution in [-0.2, 0) is 13.2 Å². The first-order chi connectivity index (χ1) is 9.79. The minimum absolute atomic E-state index is 0.0226. The van der Waals surface area contributed by atoms with Crippen molar-refractivity contribution >= 4 is 5.82 Å². The van der Waals surface area contributed by atoms with Gasteiger partial charge in [0.2, 0.25) is 0 Å². The van der Waals surface area contributed by atoms with E-state index in [-0.39, 0.29) is 22.9 Å². The predicted octanol–water partition coefficient (Wildman–Crippen LogP) is 2.71. The van der Waals surface area contributed by atoms with Crippen molar-refractivity contribution in [1.82, 2.24) is 9.78 Å². The van der Waals surface area contributed by atoms with Crippen LogP contribution in [0.5, 0.6) is 11.5 Å². The van der Waals surface area contributed by atoms with E-state index in [9.17, 15) is 13.2 Å². The summed E-state index contributed by atoms with van der Waals surface area (Å²) in [5.41, 5.74) is 5.52. The van der Waals surface area contributed by atoms with Gasteiger partial charge in [-0.05, 0) is 17.7 Å². The molecule has 0 aliphatic carbocycles. The fourth-order valence-electron chi connectivity index (χ4n) is 2.00. The number of hydrogen-bond donors (Lipinski definition) is 1. The zero-order valence-electron chi connectivity index (χ0n) is 11.7. The smallest absolute Gasteiger partial charge is 0.420 e. The molecular formula is C13H14F3N3O2. The van der Waals surface area contributed by atoms with Gasteiger partial charge in [0.15, 0.2) is 11.5 Å². The molecular weight excluding hydrogens is 287 g/mol. The molecule has 0 saturated heterocycles. The van der Waals surface area contributed by atoms with Crippen LogP contribution >= 0.6 is 0 Å². The largest absolute Gasteiger partial charge is 0.493 e. The van der Waals surface area contributed by atoms with Crippen molar-refractivity contribution in [3.63, 3.8) is 0 Å². The van der Waals surface area contributed by atoms with E-state index in [1.54, 1.807) is 7.05 Å². The van der Waals surface area contributed by atoms with Crippen LogP contribution in [0.1, 0.15) is 5.56 Å². The second-order valence-electron chi connectivity index (χ2n) is 4.32. The Kier molecular flexibility index (Phi) is 3.71. The van der Waals surface area contributed by atoms with Gasteiger partial charge in [-0.2, -0.15) is 18.3 Å². The van der Waals surface area contributed by atoms with E-state index >= 15 is 0 Å². The number of rotatable bonds is 3. The maximum atomic E-state index is 13.2. The van der Waals surface area contributed by atoms with Gasteiger partial charge in [-0.1, -0.05) is 0 Å². The summed E-state index contributed by atoms with van der Waals surface area (Å²) < 4.78 is 50.7. The molecule has 0 aliphatic heterocycles. The van der Waals surface area contributed by atoms with Crippen molar-refractivity contribution in [2.45, 2.75) is 6.18 Å². The standard InChI is InChI=1S/C13H14F3N3O2/c1-19-12(17)8(6-18-19)7-4-9(13(14,15)16)11(21-3)10(5-7)20-2/h4-6H,17H2,1-3H3. The molecule has 1 aromatic carbocycles. The van der Waals surface area contributed by atoms with E-state index in [2.05, 4.69) is 5.10 Å². The van der Waals surface area contributed by atoms with E-state index < -0.39 is 11.7 Å². The summed E-state index contributed by atoms with van der Waals surface area (Å²) in [6.07, 6.45) is -3.18. The van der Waals surface area contributed by atoms with Crippen molar-refractivity contribution in [2.24, 2.45) is 7.05 Å². The van der Waals surface area contributed by atoms with E-state index in [1.165, 1.54) is 24.1 Å². The van der Waals surface area contributed by atoms with Gasteiger partial charge in [-0.25, -0.2) is 0 Å². The Labute approximate surface area is 119 Å². The first-order valence-corrected chi connectivity index (χ1v) is 5.90. The van der Waals surface area contributed by atoms with Crippen LogP contribution in [0.15, 0.2) is 18.3 Å². The molecule has 0 atom stereocenters. The molecule has 0 unspecified atom stereocenters. The molecule has 0 bridgehead atoms. The van der Waals surface area contributed by atoms with E-state index in [4.69, 9.17) is 15.2 Å². The fourth-order valence-corrected chi connectivity index (χ4v) is 2.00. The molecule has 114 valence electrons. The van der Waals surface area contributed by atoms with Crippen LogP contribution in [0, 0.1) is 0 Å². The predicted molar refractivity (Wildman–Crippen MR) is 71.2 cm³/mol. The summed E-state index contributed by atoms with van der Waals surface area (Å²) in [7, 11) is 4.03. The van der Waals surface area contributed by atoms with Gasteiger partial charge >= 0.3 is 6.18 Å². The monoisotopic (exact) mass is 301 g/mol. The highest BCUT2D eigenvalue weighted by molar-refractivity contribution is 5.76. The lowest BCUT2D eigenvalue weighted by molar-refractivity contribution is -0.138. The fraction of sp³-hybridized carbons (Fsp3) is 0.308.